The van der Waals surface area contributed by atoms with E-state index in [9.17, 15) is 19.7 Å². The number of piperazine rings is 1. The van der Waals surface area contributed by atoms with Crippen LogP contribution in [-0.4, -0.2) is 61.8 Å². The smallest absolute Gasteiger partial charge is 0.338 e. The Morgan fingerprint density at radius 1 is 1.23 bits per heavy atom. The number of nitrogens with zero attached hydrogens (tertiary/aromatic N) is 3. The van der Waals surface area contributed by atoms with Crippen LogP contribution in [0.25, 0.3) is 6.08 Å². The number of esters is 1. The molecule has 0 radical (unpaired) electrons. The number of benzene rings is 2. The molecule has 0 aliphatic carbocycles. The molecule has 0 atom stereocenters. The van der Waals surface area contributed by atoms with Crippen LogP contribution in [0.1, 0.15) is 22.8 Å². The quantitative estimate of drug-likeness (QED) is 0.272. The average molecular weight is 497 g/mol. The maximum atomic E-state index is 13.1. The van der Waals surface area contributed by atoms with Gasteiger partial charge in [-0.2, -0.15) is 0 Å². The van der Waals surface area contributed by atoms with Gasteiger partial charge in [0.05, 0.1) is 60.9 Å². The van der Waals surface area contributed by atoms with Crippen molar-refractivity contribution in [2.45, 2.75) is 6.92 Å². The van der Waals surface area contributed by atoms with Gasteiger partial charge < -0.3 is 14.5 Å². The normalized spacial score (nSPS) is 17.8. The summed E-state index contributed by atoms with van der Waals surface area (Å²) in [5.41, 5.74) is 1.89. The molecule has 2 aromatic carbocycles. The number of nitro benzene ring substituents is 1. The van der Waals surface area contributed by atoms with Gasteiger partial charge in [-0.3, -0.25) is 25.2 Å². The molecule has 0 aromatic heterocycles. The number of nitro groups is 1. The largest absolute Gasteiger partial charge is 0.462 e. The van der Waals surface area contributed by atoms with Gasteiger partial charge in [0, 0.05) is 6.07 Å². The highest BCUT2D eigenvalue weighted by Crippen LogP contribution is 2.37. The molecule has 11 heteroatoms. The first-order chi connectivity index (χ1) is 16.8. The van der Waals surface area contributed by atoms with Crippen LogP contribution in [0.4, 0.5) is 17.1 Å². The Morgan fingerprint density at radius 2 is 1.91 bits per heavy atom. The lowest BCUT2D eigenvalue weighted by atomic mass is 10.1. The molecule has 2 N–H and O–H groups in total. The van der Waals surface area contributed by atoms with Crippen molar-refractivity contribution in [3.05, 3.63) is 68.6 Å². The standard InChI is InChI=1S/C24H25N5O5S/c1-3-34-23(31)17-5-7-18(8-6-17)28-22(30)21(35-24(28)25)15-16-4-9-19(20(14-16)29(32)33)27-12-10-26(2)11-13-27/h4-9,14-15,25H,3,10-13H2,1-2H3/p+1/b21-15-,25-24?. The van der Waals surface area contributed by atoms with Crippen molar-refractivity contribution in [3.63, 3.8) is 0 Å². The highest BCUT2D eigenvalue weighted by Gasteiger charge is 2.34. The molecule has 0 spiro atoms. The lowest BCUT2D eigenvalue weighted by Crippen LogP contribution is -3.12. The van der Waals surface area contributed by atoms with E-state index in [-0.39, 0.29) is 22.4 Å². The minimum atomic E-state index is -0.459. The molecule has 2 saturated heterocycles. The van der Waals surface area contributed by atoms with Crippen LogP contribution in [0.15, 0.2) is 47.4 Å². The number of likely N-dealkylation sites (N-methyl/N-ethyl adjacent to an activating group) is 1. The second-order valence-electron chi connectivity index (χ2n) is 8.27. The Balaban J connectivity index is 1.56. The van der Waals surface area contributed by atoms with Gasteiger partial charge in [-0.05, 0) is 60.7 Å². The molecule has 1 amide bonds. The zero-order chi connectivity index (χ0) is 25.1. The molecule has 0 bridgehead atoms. The topological polar surface area (TPSA) is 121 Å². The van der Waals surface area contributed by atoms with Crippen LogP contribution in [0.3, 0.4) is 0 Å². The fourth-order valence-corrected chi connectivity index (χ4v) is 4.87. The SMILES string of the molecule is CCOC(=O)c1ccc(N2C(=N)S/C(=C\c3ccc(N4CC[NH+](C)CC4)c([N+](=O)[O-])c3)C2=O)cc1. The molecule has 2 aromatic rings. The van der Waals surface area contributed by atoms with E-state index in [1.807, 2.05) is 4.90 Å². The van der Waals surface area contributed by atoms with E-state index in [4.69, 9.17) is 10.1 Å². The number of thioether (sulfide) groups is 1. The van der Waals surface area contributed by atoms with Crippen LogP contribution < -0.4 is 14.7 Å². The van der Waals surface area contributed by atoms with Crippen LogP contribution in [0, 0.1) is 15.5 Å². The summed E-state index contributed by atoms with van der Waals surface area (Å²) in [5.74, 6) is -0.864. The van der Waals surface area contributed by atoms with Gasteiger partial charge in [0.25, 0.3) is 11.6 Å². The molecule has 35 heavy (non-hydrogen) atoms. The third kappa shape index (κ3) is 5.20. The summed E-state index contributed by atoms with van der Waals surface area (Å²) in [5, 5.41) is 20.1. The molecule has 2 aliphatic heterocycles. The number of amidine groups is 1. The average Bonchev–Trinajstić information content (AvgIpc) is 3.12. The number of carbonyl (C=O) groups excluding carboxylic acids is 2. The molecule has 0 unspecified atom stereocenters. The van der Waals surface area contributed by atoms with Crippen molar-refractivity contribution in [2.75, 3.05) is 49.6 Å². The molecular formula is C24H26N5O5S+. The molecule has 4 rings (SSSR count). The first-order valence-corrected chi connectivity index (χ1v) is 12.0. The van der Waals surface area contributed by atoms with Crippen molar-refractivity contribution in [2.24, 2.45) is 0 Å². The fourth-order valence-electron chi connectivity index (χ4n) is 4.01. The first-order valence-electron chi connectivity index (χ1n) is 11.2. The molecule has 182 valence electrons. The van der Waals surface area contributed by atoms with Gasteiger partial charge in [0.15, 0.2) is 5.17 Å². The lowest BCUT2D eigenvalue weighted by molar-refractivity contribution is -0.880. The maximum absolute atomic E-state index is 13.1. The summed E-state index contributed by atoms with van der Waals surface area (Å²) in [6, 6.07) is 11.2. The Kier molecular flexibility index (Phi) is 7.17. The zero-order valence-electron chi connectivity index (χ0n) is 19.4. The summed E-state index contributed by atoms with van der Waals surface area (Å²) in [4.78, 5) is 41.3. The van der Waals surface area contributed by atoms with E-state index in [1.165, 1.54) is 15.9 Å². The predicted octanol–water partition coefficient (Wildman–Crippen LogP) is 2.16. The molecule has 2 fully saturated rings. The summed E-state index contributed by atoms with van der Waals surface area (Å²) in [6.07, 6.45) is 1.57. The number of amides is 1. The summed E-state index contributed by atoms with van der Waals surface area (Å²) in [7, 11) is 2.10. The van der Waals surface area contributed by atoms with Gasteiger partial charge in [0.2, 0.25) is 0 Å². The number of rotatable bonds is 6. The maximum Gasteiger partial charge on any atom is 0.338 e. The zero-order valence-corrected chi connectivity index (χ0v) is 20.3. The Bertz CT molecular complexity index is 1210. The number of quaternary nitrogens is 1. The van der Waals surface area contributed by atoms with Gasteiger partial charge in [0.1, 0.15) is 5.69 Å². The van der Waals surface area contributed by atoms with Crippen molar-refractivity contribution in [1.29, 1.82) is 5.41 Å². The van der Waals surface area contributed by atoms with Crippen molar-refractivity contribution >= 4 is 51.9 Å². The Hall–Kier alpha value is -3.70. The number of anilines is 2. The van der Waals surface area contributed by atoms with Crippen LogP contribution >= 0.6 is 11.8 Å². The fraction of sp³-hybridized carbons (Fsp3) is 0.292. The monoisotopic (exact) mass is 496 g/mol. The second kappa shape index (κ2) is 10.3. The van der Waals surface area contributed by atoms with E-state index in [0.29, 0.717) is 22.5 Å². The molecule has 2 heterocycles. The van der Waals surface area contributed by atoms with Gasteiger partial charge in [-0.1, -0.05) is 6.07 Å². The molecule has 10 nitrogen and oxygen atoms in total. The van der Waals surface area contributed by atoms with Gasteiger partial charge in [-0.15, -0.1) is 0 Å². The highest BCUT2D eigenvalue weighted by atomic mass is 32.2. The Morgan fingerprint density at radius 3 is 2.54 bits per heavy atom. The summed E-state index contributed by atoms with van der Waals surface area (Å²) in [6.45, 7) is 5.28. The number of nitrogens with one attached hydrogen (secondary N) is 2. The molecular weight excluding hydrogens is 470 g/mol. The van der Waals surface area contributed by atoms with E-state index in [2.05, 4.69) is 7.05 Å². The van der Waals surface area contributed by atoms with E-state index < -0.39 is 16.8 Å². The first kappa shape index (κ1) is 24.4. The summed E-state index contributed by atoms with van der Waals surface area (Å²) < 4.78 is 4.97. The van der Waals surface area contributed by atoms with Crippen LogP contribution in [0.2, 0.25) is 0 Å². The van der Waals surface area contributed by atoms with Crippen LogP contribution in [0.5, 0.6) is 0 Å². The van der Waals surface area contributed by atoms with Crippen molar-refractivity contribution < 1.29 is 24.1 Å². The third-order valence-electron chi connectivity index (χ3n) is 5.91. The minimum Gasteiger partial charge on any atom is -0.462 e. The van der Waals surface area contributed by atoms with Crippen molar-refractivity contribution in [3.8, 4) is 0 Å². The van der Waals surface area contributed by atoms with Gasteiger partial charge >= 0.3 is 5.97 Å². The molecule has 2 aliphatic rings. The van der Waals surface area contributed by atoms with Crippen molar-refractivity contribution in [1.82, 2.24) is 0 Å². The van der Waals surface area contributed by atoms with E-state index >= 15 is 0 Å². The summed E-state index contributed by atoms with van der Waals surface area (Å²) >= 11 is 0.983. The predicted molar refractivity (Wildman–Crippen MR) is 135 cm³/mol. The van der Waals surface area contributed by atoms with Crippen LogP contribution in [-0.2, 0) is 9.53 Å². The number of hydrogen-bond acceptors (Lipinski definition) is 8. The third-order valence-corrected chi connectivity index (χ3v) is 6.80. The lowest BCUT2D eigenvalue weighted by Gasteiger charge is -2.31. The minimum absolute atomic E-state index is 0.00386. The second-order valence-corrected chi connectivity index (χ2v) is 9.30. The Labute approximate surface area is 206 Å². The number of hydrogen-bond donors (Lipinski definition) is 2. The molecule has 0 saturated carbocycles. The number of carbonyl (C=O) groups is 2. The van der Waals surface area contributed by atoms with Gasteiger partial charge in [-0.25, -0.2) is 4.79 Å². The van der Waals surface area contributed by atoms with E-state index in [0.717, 1.165) is 37.9 Å². The highest BCUT2D eigenvalue weighted by molar-refractivity contribution is 8.19. The number of ether oxygens (including phenoxy) is 1. The van der Waals surface area contributed by atoms with E-state index in [1.54, 1.807) is 49.4 Å².